The molecule has 0 aliphatic carbocycles. The maximum atomic E-state index is 13.5. The van der Waals surface area contributed by atoms with Gasteiger partial charge in [0.15, 0.2) is 5.82 Å². The average Bonchev–Trinajstić information content (AvgIpc) is 3.09. The summed E-state index contributed by atoms with van der Waals surface area (Å²) in [6, 6.07) is 5.66. The first-order chi connectivity index (χ1) is 14.2. The Morgan fingerprint density at radius 3 is 2.67 bits per heavy atom. The van der Waals surface area contributed by atoms with Gasteiger partial charge < -0.3 is 16.2 Å². The fourth-order valence-electron chi connectivity index (χ4n) is 2.64. The van der Waals surface area contributed by atoms with Crippen LogP contribution in [0.1, 0.15) is 17.7 Å². The molecule has 0 fully saturated rings. The molecular formula is C18H16F4N6O2. The van der Waals surface area contributed by atoms with Crippen molar-refractivity contribution in [1.82, 2.24) is 19.7 Å². The van der Waals surface area contributed by atoms with E-state index in [0.717, 1.165) is 6.07 Å². The molecule has 3 rings (SSSR count). The highest BCUT2D eigenvalue weighted by Crippen LogP contribution is 2.33. The third-order valence-corrected chi connectivity index (χ3v) is 4.02. The highest BCUT2D eigenvalue weighted by molar-refractivity contribution is 5.67. The molecule has 30 heavy (non-hydrogen) atoms. The number of hydrogen-bond donors (Lipinski definition) is 3. The number of benzene rings is 1. The predicted molar refractivity (Wildman–Crippen MR) is 98.1 cm³/mol. The zero-order chi connectivity index (χ0) is 21.9. The van der Waals surface area contributed by atoms with Crippen LogP contribution in [0.3, 0.4) is 0 Å². The number of aliphatic carboxylic acids is 1. The van der Waals surface area contributed by atoms with Crippen LogP contribution in [0.2, 0.25) is 0 Å². The number of carbonyl (C=O) groups is 1. The van der Waals surface area contributed by atoms with Crippen LogP contribution in [-0.2, 0) is 24.1 Å². The molecule has 0 amide bonds. The molecule has 0 aliphatic rings. The molecule has 0 radical (unpaired) electrons. The van der Waals surface area contributed by atoms with Crippen LogP contribution in [0.25, 0.3) is 11.4 Å². The van der Waals surface area contributed by atoms with Crippen molar-refractivity contribution in [3.8, 4) is 11.4 Å². The summed E-state index contributed by atoms with van der Waals surface area (Å²) in [4.78, 5) is 19.3. The van der Waals surface area contributed by atoms with E-state index >= 15 is 0 Å². The normalized spacial score (nSPS) is 11.5. The second kappa shape index (κ2) is 8.45. The van der Waals surface area contributed by atoms with Gasteiger partial charge in [-0.3, -0.25) is 9.78 Å². The maximum absolute atomic E-state index is 13.5. The second-order valence-electron chi connectivity index (χ2n) is 6.18. The summed E-state index contributed by atoms with van der Waals surface area (Å²) >= 11 is 0. The molecule has 158 valence electrons. The molecule has 0 aliphatic heterocycles. The third-order valence-electron chi connectivity index (χ3n) is 4.02. The van der Waals surface area contributed by atoms with E-state index in [1.807, 2.05) is 0 Å². The molecule has 2 aromatic heterocycles. The molecule has 0 bridgehead atoms. The smallest absolute Gasteiger partial charge is 0.419 e. The van der Waals surface area contributed by atoms with Gasteiger partial charge in [0.05, 0.1) is 24.2 Å². The van der Waals surface area contributed by atoms with Crippen LogP contribution >= 0.6 is 0 Å². The van der Waals surface area contributed by atoms with Crippen LogP contribution < -0.4 is 11.1 Å². The first kappa shape index (κ1) is 21.2. The van der Waals surface area contributed by atoms with Gasteiger partial charge in [-0.2, -0.15) is 18.2 Å². The first-order valence-corrected chi connectivity index (χ1v) is 8.63. The monoisotopic (exact) mass is 424 g/mol. The summed E-state index contributed by atoms with van der Waals surface area (Å²) in [6.45, 7) is 0.134. The van der Waals surface area contributed by atoms with Crippen LogP contribution in [-0.4, -0.2) is 30.8 Å². The van der Waals surface area contributed by atoms with Gasteiger partial charge in [-0.15, -0.1) is 5.10 Å². The number of nitrogens with one attached hydrogen (secondary N) is 1. The number of halogens is 4. The first-order valence-electron chi connectivity index (χ1n) is 8.63. The van der Waals surface area contributed by atoms with Gasteiger partial charge >= 0.3 is 12.1 Å². The number of hydrogen-bond acceptors (Lipinski definition) is 6. The molecular weight excluding hydrogens is 408 g/mol. The lowest BCUT2D eigenvalue weighted by Crippen LogP contribution is -2.09. The van der Waals surface area contributed by atoms with Crippen molar-refractivity contribution in [1.29, 1.82) is 0 Å². The SMILES string of the molecule is NCc1cc(-c2nc(Nc3ccc(F)c(C(F)(F)F)c3)nn2CCC(=O)O)ccn1. The topological polar surface area (TPSA) is 119 Å². The van der Waals surface area contributed by atoms with Crippen molar-refractivity contribution < 1.29 is 27.5 Å². The Morgan fingerprint density at radius 2 is 2.00 bits per heavy atom. The highest BCUT2D eigenvalue weighted by Gasteiger charge is 2.34. The van der Waals surface area contributed by atoms with Crippen LogP contribution in [0.15, 0.2) is 36.5 Å². The number of aryl methyl sites for hydroxylation is 1. The Balaban J connectivity index is 1.97. The molecule has 0 saturated heterocycles. The van der Waals surface area contributed by atoms with Crippen molar-refractivity contribution in [2.75, 3.05) is 5.32 Å². The Hall–Kier alpha value is -3.54. The molecule has 2 heterocycles. The average molecular weight is 424 g/mol. The largest absolute Gasteiger partial charge is 0.481 e. The van der Waals surface area contributed by atoms with Crippen molar-refractivity contribution >= 4 is 17.6 Å². The van der Waals surface area contributed by atoms with Gasteiger partial charge in [-0.05, 0) is 30.3 Å². The van der Waals surface area contributed by atoms with Crippen LogP contribution in [0.5, 0.6) is 0 Å². The third kappa shape index (κ3) is 4.89. The fraction of sp³-hybridized carbons (Fsp3) is 0.222. The number of alkyl halides is 3. The number of rotatable bonds is 7. The predicted octanol–water partition coefficient (Wildman–Crippen LogP) is 3.18. The van der Waals surface area contributed by atoms with Crippen LogP contribution in [0, 0.1) is 5.82 Å². The van der Waals surface area contributed by atoms with Crippen molar-refractivity contribution in [2.45, 2.75) is 25.7 Å². The summed E-state index contributed by atoms with van der Waals surface area (Å²) in [5.41, 5.74) is 5.18. The molecule has 4 N–H and O–H groups in total. The minimum atomic E-state index is -4.86. The Kier molecular flexibility index (Phi) is 5.96. The highest BCUT2D eigenvalue weighted by atomic mass is 19.4. The molecule has 8 nitrogen and oxygen atoms in total. The molecule has 0 unspecified atom stereocenters. The standard InChI is InChI=1S/C18H16F4N6O2/c19-14-2-1-11(8-13(14)18(20,21)22)25-17-26-16(28(27-17)6-4-15(29)30)10-3-5-24-12(7-10)9-23/h1-3,5,7-8H,4,6,9,23H2,(H,25,27)(H,29,30). The minimum Gasteiger partial charge on any atom is -0.481 e. The number of nitrogens with zero attached hydrogens (tertiary/aromatic N) is 4. The zero-order valence-electron chi connectivity index (χ0n) is 15.3. The van der Waals surface area contributed by atoms with E-state index < -0.39 is 23.5 Å². The number of anilines is 2. The number of nitrogens with two attached hydrogens (primary N) is 1. The summed E-state index contributed by atoms with van der Waals surface area (Å²) < 4.78 is 53.6. The quantitative estimate of drug-likeness (QED) is 0.499. The molecule has 3 aromatic rings. The number of aromatic nitrogens is 4. The van der Waals surface area contributed by atoms with Gasteiger partial charge in [0.25, 0.3) is 0 Å². The summed E-state index contributed by atoms with van der Waals surface area (Å²) in [5.74, 6) is -2.27. The van der Waals surface area contributed by atoms with Gasteiger partial charge in [-0.1, -0.05) is 0 Å². The van der Waals surface area contributed by atoms with Gasteiger partial charge in [0.1, 0.15) is 5.82 Å². The fourth-order valence-corrected chi connectivity index (χ4v) is 2.64. The zero-order valence-corrected chi connectivity index (χ0v) is 15.3. The number of pyridine rings is 1. The molecule has 1 aromatic carbocycles. The summed E-state index contributed by atoms with van der Waals surface area (Å²) in [6.07, 6.45) is -3.62. The lowest BCUT2D eigenvalue weighted by Gasteiger charge is -2.10. The van der Waals surface area contributed by atoms with E-state index in [-0.39, 0.29) is 37.0 Å². The Bertz CT molecular complexity index is 1070. The summed E-state index contributed by atoms with van der Waals surface area (Å²) in [5, 5.41) is 15.7. The lowest BCUT2D eigenvalue weighted by molar-refractivity contribution is -0.140. The lowest BCUT2D eigenvalue weighted by atomic mass is 10.2. The maximum Gasteiger partial charge on any atom is 0.419 e. The molecule has 0 atom stereocenters. The molecule has 0 saturated carbocycles. The van der Waals surface area contributed by atoms with E-state index in [1.165, 1.54) is 10.9 Å². The van der Waals surface area contributed by atoms with Crippen molar-refractivity contribution in [2.24, 2.45) is 5.73 Å². The minimum absolute atomic E-state index is 0.0309. The molecule has 0 spiro atoms. The van der Waals surface area contributed by atoms with Crippen LogP contribution in [0.4, 0.5) is 29.2 Å². The van der Waals surface area contributed by atoms with E-state index in [4.69, 9.17) is 10.8 Å². The summed E-state index contributed by atoms with van der Waals surface area (Å²) in [7, 11) is 0. The molecule has 12 heteroatoms. The Labute approximate surface area is 167 Å². The second-order valence-corrected chi connectivity index (χ2v) is 6.18. The van der Waals surface area contributed by atoms with Crippen molar-refractivity contribution in [3.05, 3.63) is 53.6 Å². The van der Waals surface area contributed by atoms with Gasteiger partial charge in [-0.25, -0.2) is 9.07 Å². The number of carboxylic acid groups (broad SMARTS) is 1. The van der Waals surface area contributed by atoms with Crippen molar-refractivity contribution in [3.63, 3.8) is 0 Å². The number of carboxylic acids is 1. The van der Waals surface area contributed by atoms with Gasteiger partial charge in [0.2, 0.25) is 5.95 Å². The van der Waals surface area contributed by atoms with E-state index in [0.29, 0.717) is 23.4 Å². The van der Waals surface area contributed by atoms with E-state index in [9.17, 15) is 22.4 Å². The van der Waals surface area contributed by atoms with E-state index in [1.54, 1.807) is 12.1 Å². The van der Waals surface area contributed by atoms with Gasteiger partial charge in [0, 0.05) is 24.0 Å². The Morgan fingerprint density at radius 1 is 1.23 bits per heavy atom. The van der Waals surface area contributed by atoms with E-state index in [2.05, 4.69) is 20.4 Å².